The van der Waals surface area contributed by atoms with Gasteiger partial charge in [0.15, 0.2) is 0 Å². The molecule has 0 aliphatic carbocycles. The van der Waals surface area contributed by atoms with E-state index in [1.165, 1.54) is 0 Å². The van der Waals surface area contributed by atoms with Crippen LogP contribution >= 0.6 is 12.4 Å². The largest absolute Gasteiger partial charge is 0.389 e. The van der Waals surface area contributed by atoms with E-state index >= 15 is 0 Å². The van der Waals surface area contributed by atoms with Crippen molar-refractivity contribution in [2.75, 3.05) is 0 Å². The van der Waals surface area contributed by atoms with E-state index in [9.17, 15) is 0 Å². The van der Waals surface area contributed by atoms with E-state index in [0.29, 0.717) is 0 Å². The summed E-state index contributed by atoms with van der Waals surface area (Å²) in [6, 6.07) is -0.146. The smallest absolute Gasteiger partial charge is 0.0739 e. The van der Waals surface area contributed by atoms with Gasteiger partial charge >= 0.3 is 0 Å². The number of nitrogens with two attached hydrogens (primary N) is 1. The van der Waals surface area contributed by atoms with Gasteiger partial charge in [-0.15, -0.1) is 12.4 Å². The van der Waals surface area contributed by atoms with Gasteiger partial charge in [-0.2, -0.15) is 0 Å². The van der Waals surface area contributed by atoms with Crippen LogP contribution in [0.25, 0.3) is 0 Å². The first kappa shape index (κ1) is 11.1. The first-order valence-corrected chi connectivity index (χ1v) is 2.42. The molecule has 0 fully saturated rings. The minimum absolute atomic E-state index is 0. The number of hydrogen-bond acceptors (Lipinski definition) is 2. The van der Waals surface area contributed by atoms with Crippen LogP contribution in [0.2, 0.25) is 0 Å². The van der Waals surface area contributed by atoms with E-state index < -0.39 is 5.60 Å². The van der Waals surface area contributed by atoms with E-state index in [2.05, 4.69) is 0 Å². The van der Waals surface area contributed by atoms with Gasteiger partial charge in [-0.3, -0.25) is 0 Å². The summed E-state index contributed by atoms with van der Waals surface area (Å²) in [5.41, 5.74) is 4.60. The SMILES string of the molecule is CC(N)C(C)(C)O.Cl. The van der Waals surface area contributed by atoms with Crippen LogP contribution in [-0.4, -0.2) is 16.7 Å². The van der Waals surface area contributed by atoms with E-state index in [1.807, 2.05) is 0 Å². The Kier molecular flexibility index (Phi) is 4.53. The monoisotopic (exact) mass is 139 g/mol. The van der Waals surface area contributed by atoms with Crippen molar-refractivity contribution in [2.24, 2.45) is 5.73 Å². The Labute approximate surface area is 56.5 Å². The molecular formula is C5H14ClNO. The summed E-state index contributed by atoms with van der Waals surface area (Å²) in [5, 5.41) is 8.97. The molecule has 0 aromatic heterocycles. The van der Waals surface area contributed by atoms with Crippen molar-refractivity contribution in [3.63, 3.8) is 0 Å². The van der Waals surface area contributed by atoms with Crippen molar-refractivity contribution >= 4 is 12.4 Å². The lowest BCUT2D eigenvalue weighted by atomic mass is 10.0. The van der Waals surface area contributed by atoms with Gasteiger partial charge in [0, 0.05) is 6.04 Å². The molecule has 0 bridgehead atoms. The van der Waals surface area contributed by atoms with E-state index in [0.717, 1.165) is 0 Å². The fourth-order valence-electron chi connectivity index (χ4n) is 0. The second kappa shape index (κ2) is 3.28. The Morgan fingerprint density at radius 2 is 1.62 bits per heavy atom. The Morgan fingerprint density at radius 3 is 1.62 bits per heavy atom. The highest BCUT2D eigenvalue weighted by Crippen LogP contribution is 2.03. The van der Waals surface area contributed by atoms with Crippen LogP contribution in [-0.2, 0) is 0 Å². The van der Waals surface area contributed by atoms with Gasteiger partial charge < -0.3 is 10.8 Å². The van der Waals surface area contributed by atoms with Gasteiger partial charge in [-0.25, -0.2) is 0 Å². The molecule has 52 valence electrons. The van der Waals surface area contributed by atoms with Gasteiger partial charge in [0.2, 0.25) is 0 Å². The fraction of sp³-hybridized carbons (Fsp3) is 1.00. The van der Waals surface area contributed by atoms with Gasteiger partial charge in [-0.1, -0.05) is 0 Å². The summed E-state index contributed by atoms with van der Waals surface area (Å²) in [5.74, 6) is 0. The van der Waals surface area contributed by atoms with E-state index in [-0.39, 0.29) is 18.4 Å². The molecule has 8 heavy (non-hydrogen) atoms. The molecule has 0 heterocycles. The Morgan fingerprint density at radius 1 is 1.50 bits per heavy atom. The van der Waals surface area contributed by atoms with Crippen LogP contribution in [0, 0.1) is 0 Å². The summed E-state index contributed by atoms with van der Waals surface area (Å²) in [7, 11) is 0. The van der Waals surface area contributed by atoms with Crippen molar-refractivity contribution < 1.29 is 5.11 Å². The Bertz CT molecular complexity index is 57.9. The summed E-state index contributed by atoms with van der Waals surface area (Å²) in [4.78, 5) is 0. The summed E-state index contributed by atoms with van der Waals surface area (Å²) >= 11 is 0. The van der Waals surface area contributed by atoms with Crippen molar-refractivity contribution in [3.8, 4) is 0 Å². The molecule has 3 N–H and O–H groups in total. The van der Waals surface area contributed by atoms with E-state index in [4.69, 9.17) is 10.8 Å². The number of aliphatic hydroxyl groups is 1. The molecule has 0 aliphatic rings. The van der Waals surface area contributed by atoms with Crippen molar-refractivity contribution in [1.29, 1.82) is 0 Å². The van der Waals surface area contributed by atoms with Crippen LogP contribution in [0.1, 0.15) is 20.8 Å². The third kappa shape index (κ3) is 4.37. The predicted molar refractivity (Wildman–Crippen MR) is 37.2 cm³/mol. The number of halogens is 1. The van der Waals surface area contributed by atoms with Gasteiger partial charge in [-0.05, 0) is 20.8 Å². The van der Waals surface area contributed by atoms with Crippen molar-refractivity contribution in [3.05, 3.63) is 0 Å². The fourth-order valence-corrected chi connectivity index (χ4v) is 0. The van der Waals surface area contributed by atoms with Gasteiger partial charge in [0.1, 0.15) is 0 Å². The lowest BCUT2D eigenvalue weighted by Crippen LogP contribution is -2.40. The molecule has 0 radical (unpaired) electrons. The highest BCUT2D eigenvalue weighted by atomic mass is 35.5. The number of hydrogen-bond donors (Lipinski definition) is 2. The molecule has 0 aromatic rings. The van der Waals surface area contributed by atoms with Crippen LogP contribution in [0.15, 0.2) is 0 Å². The summed E-state index contributed by atoms with van der Waals surface area (Å²) in [6.07, 6.45) is 0. The summed E-state index contributed by atoms with van der Waals surface area (Å²) in [6.45, 7) is 5.16. The zero-order valence-corrected chi connectivity index (χ0v) is 6.33. The second-order valence-corrected chi connectivity index (χ2v) is 2.44. The van der Waals surface area contributed by atoms with Crippen LogP contribution in [0.4, 0.5) is 0 Å². The maximum atomic E-state index is 8.97. The summed E-state index contributed by atoms with van der Waals surface area (Å²) < 4.78 is 0. The normalized spacial score (nSPS) is 14.6. The molecule has 0 saturated heterocycles. The van der Waals surface area contributed by atoms with Gasteiger partial charge in [0.05, 0.1) is 5.60 Å². The minimum Gasteiger partial charge on any atom is -0.389 e. The Hall–Kier alpha value is 0.210. The maximum Gasteiger partial charge on any atom is 0.0739 e. The second-order valence-electron chi connectivity index (χ2n) is 2.44. The quantitative estimate of drug-likeness (QED) is 0.557. The van der Waals surface area contributed by atoms with Crippen LogP contribution in [0.3, 0.4) is 0 Å². The van der Waals surface area contributed by atoms with Crippen molar-refractivity contribution in [2.45, 2.75) is 32.4 Å². The molecule has 1 atom stereocenters. The number of rotatable bonds is 1. The molecule has 0 saturated carbocycles. The molecule has 0 spiro atoms. The lowest BCUT2D eigenvalue weighted by Gasteiger charge is -2.20. The molecule has 2 nitrogen and oxygen atoms in total. The lowest BCUT2D eigenvalue weighted by molar-refractivity contribution is 0.0582. The molecule has 0 aromatic carbocycles. The molecular weight excluding hydrogens is 126 g/mol. The third-order valence-electron chi connectivity index (χ3n) is 1.11. The maximum absolute atomic E-state index is 8.97. The van der Waals surface area contributed by atoms with Gasteiger partial charge in [0.25, 0.3) is 0 Å². The standard InChI is InChI=1S/C5H13NO.ClH/c1-4(6)5(2,3)7;/h4,7H,6H2,1-3H3;1H. The highest BCUT2D eigenvalue weighted by Gasteiger charge is 2.16. The predicted octanol–water partition coefficient (Wildman–Crippen LogP) is 0.526. The minimum atomic E-state index is -0.722. The van der Waals surface area contributed by atoms with E-state index in [1.54, 1.807) is 20.8 Å². The zero-order valence-electron chi connectivity index (χ0n) is 5.51. The molecule has 0 aliphatic heterocycles. The highest BCUT2D eigenvalue weighted by molar-refractivity contribution is 5.85. The van der Waals surface area contributed by atoms with Crippen LogP contribution < -0.4 is 5.73 Å². The molecule has 0 amide bonds. The zero-order chi connectivity index (χ0) is 6.08. The Balaban J connectivity index is 0. The molecule has 1 unspecified atom stereocenters. The average molecular weight is 140 g/mol. The first-order valence-electron chi connectivity index (χ1n) is 2.42. The van der Waals surface area contributed by atoms with Crippen molar-refractivity contribution in [1.82, 2.24) is 0 Å². The first-order chi connectivity index (χ1) is 2.94. The van der Waals surface area contributed by atoms with Crippen LogP contribution in [0.5, 0.6) is 0 Å². The molecule has 3 heteroatoms. The third-order valence-corrected chi connectivity index (χ3v) is 1.11. The molecule has 0 rings (SSSR count). The topological polar surface area (TPSA) is 46.2 Å². The average Bonchev–Trinajstić information content (AvgIpc) is 1.31.